The van der Waals surface area contributed by atoms with E-state index in [4.69, 9.17) is 5.73 Å². The zero-order valence-corrected chi connectivity index (χ0v) is 13.1. The summed E-state index contributed by atoms with van der Waals surface area (Å²) < 4.78 is 1.06. The monoisotopic (exact) mass is 360 g/mol. The van der Waals surface area contributed by atoms with Crippen LogP contribution in [0.25, 0.3) is 0 Å². The molecule has 1 aromatic rings. The maximum atomic E-state index is 12.0. The quantitative estimate of drug-likeness (QED) is 0.765. The molecule has 2 unspecified atom stereocenters. The summed E-state index contributed by atoms with van der Waals surface area (Å²) >= 11 is 2.22. The lowest BCUT2D eigenvalue weighted by atomic mass is 10.0. The molecule has 0 aliphatic carbocycles. The van der Waals surface area contributed by atoms with Gasteiger partial charge in [-0.05, 0) is 54.5 Å². The lowest BCUT2D eigenvalue weighted by Gasteiger charge is -2.13. The molecule has 3 nitrogen and oxygen atoms in total. The number of carbonyl (C=O) groups excluding carboxylic acids is 1. The molecule has 0 aliphatic heterocycles. The second-order valence-electron chi connectivity index (χ2n) is 4.78. The topological polar surface area (TPSA) is 55.1 Å². The molecule has 4 heteroatoms. The molecule has 0 saturated heterocycles. The highest BCUT2D eigenvalue weighted by molar-refractivity contribution is 14.1. The number of hydrogen-bond acceptors (Lipinski definition) is 2. The van der Waals surface area contributed by atoms with Crippen LogP contribution in [0, 0.1) is 9.49 Å². The van der Waals surface area contributed by atoms with E-state index in [-0.39, 0.29) is 17.9 Å². The largest absolute Gasteiger partial charge is 0.328 e. The second-order valence-corrected chi connectivity index (χ2v) is 5.94. The summed E-state index contributed by atoms with van der Waals surface area (Å²) in [5.41, 5.74) is 6.59. The zero-order valence-electron chi connectivity index (χ0n) is 10.9. The van der Waals surface area contributed by atoms with Crippen molar-refractivity contribution in [3.05, 3.63) is 27.8 Å². The highest BCUT2D eigenvalue weighted by atomic mass is 127. The molecule has 18 heavy (non-hydrogen) atoms. The number of rotatable bonds is 6. The van der Waals surface area contributed by atoms with Gasteiger partial charge in [0.15, 0.2) is 0 Å². The molecule has 0 aliphatic rings. The van der Waals surface area contributed by atoms with E-state index < -0.39 is 0 Å². The zero-order chi connectivity index (χ0) is 13.5. The van der Waals surface area contributed by atoms with Crippen LogP contribution >= 0.6 is 22.6 Å². The Balaban J connectivity index is 2.43. The Hall–Kier alpha value is -0.620. The summed E-state index contributed by atoms with van der Waals surface area (Å²) in [7, 11) is 0. The number of para-hydroxylation sites is 1. The van der Waals surface area contributed by atoms with E-state index in [0.717, 1.165) is 28.5 Å². The Morgan fingerprint density at radius 3 is 2.61 bits per heavy atom. The van der Waals surface area contributed by atoms with E-state index in [9.17, 15) is 4.79 Å². The standard InChI is InChI=1S/C14H21IN2O/c1-10(6-5-7-11(2)16)14(18)17-13-9-4-3-8-12(13)15/h3-4,8-11H,5-7,16H2,1-2H3,(H,17,18). The molecule has 1 amide bonds. The highest BCUT2D eigenvalue weighted by Gasteiger charge is 2.13. The van der Waals surface area contributed by atoms with Crippen LogP contribution in [-0.2, 0) is 4.79 Å². The van der Waals surface area contributed by atoms with Gasteiger partial charge >= 0.3 is 0 Å². The van der Waals surface area contributed by atoms with Crippen LogP contribution in [0.5, 0.6) is 0 Å². The van der Waals surface area contributed by atoms with Crippen molar-refractivity contribution in [1.82, 2.24) is 0 Å². The minimum atomic E-state index is 0.0276. The molecular formula is C14H21IN2O. The van der Waals surface area contributed by atoms with Gasteiger partial charge in [-0.15, -0.1) is 0 Å². The fraction of sp³-hybridized carbons (Fsp3) is 0.500. The van der Waals surface area contributed by atoms with Crippen molar-refractivity contribution in [3.8, 4) is 0 Å². The molecule has 0 fully saturated rings. The third-order valence-corrected chi connectivity index (χ3v) is 3.82. The lowest BCUT2D eigenvalue weighted by molar-refractivity contribution is -0.119. The molecule has 0 radical (unpaired) electrons. The first-order valence-corrected chi connectivity index (χ1v) is 7.39. The normalized spacial score (nSPS) is 14.0. The van der Waals surface area contributed by atoms with E-state index in [0.29, 0.717) is 0 Å². The number of amides is 1. The molecule has 100 valence electrons. The first-order chi connectivity index (χ1) is 8.50. The Morgan fingerprint density at radius 1 is 1.33 bits per heavy atom. The fourth-order valence-corrected chi connectivity index (χ4v) is 2.22. The van der Waals surface area contributed by atoms with Crippen LogP contribution in [-0.4, -0.2) is 11.9 Å². The first-order valence-electron chi connectivity index (χ1n) is 6.31. The summed E-state index contributed by atoms with van der Waals surface area (Å²) in [6, 6.07) is 8.02. The highest BCUT2D eigenvalue weighted by Crippen LogP contribution is 2.19. The van der Waals surface area contributed by atoms with Gasteiger partial charge in [-0.1, -0.05) is 25.5 Å². The van der Waals surface area contributed by atoms with Crippen molar-refractivity contribution in [3.63, 3.8) is 0 Å². The van der Waals surface area contributed by atoms with Crippen molar-refractivity contribution in [2.24, 2.45) is 11.7 Å². The van der Waals surface area contributed by atoms with Gasteiger partial charge in [0.1, 0.15) is 0 Å². The number of hydrogen-bond donors (Lipinski definition) is 2. The van der Waals surface area contributed by atoms with Crippen molar-refractivity contribution in [1.29, 1.82) is 0 Å². The van der Waals surface area contributed by atoms with E-state index >= 15 is 0 Å². The summed E-state index contributed by atoms with van der Waals surface area (Å²) in [4.78, 5) is 12.0. The van der Waals surface area contributed by atoms with Gasteiger partial charge in [-0.3, -0.25) is 4.79 Å². The second kappa shape index (κ2) is 7.74. The molecule has 0 saturated carbocycles. The van der Waals surface area contributed by atoms with Crippen molar-refractivity contribution in [2.75, 3.05) is 5.32 Å². The van der Waals surface area contributed by atoms with Crippen molar-refractivity contribution in [2.45, 2.75) is 39.2 Å². The summed E-state index contributed by atoms with van der Waals surface area (Å²) in [5, 5.41) is 2.97. The molecule has 2 atom stereocenters. The van der Waals surface area contributed by atoms with Crippen molar-refractivity contribution >= 4 is 34.2 Å². The van der Waals surface area contributed by atoms with Crippen LogP contribution in [0.3, 0.4) is 0 Å². The van der Waals surface area contributed by atoms with Gasteiger partial charge in [-0.25, -0.2) is 0 Å². The Labute approximate surface area is 123 Å². The van der Waals surface area contributed by atoms with E-state index in [1.165, 1.54) is 0 Å². The van der Waals surface area contributed by atoms with E-state index in [2.05, 4.69) is 27.9 Å². The minimum absolute atomic E-state index is 0.0276. The van der Waals surface area contributed by atoms with Gasteiger partial charge in [0.25, 0.3) is 0 Å². The van der Waals surface area contributed by atoms with Crippen molar-refractivity contribution < 1.29 is 4.79 Å². The Morgan fingerprint density at radius 2 is 2.00 bits per heavy atom. The Kier molecular flexibility index (Phi) is 6.63. The van der Waals surface area contributed by atoms with Gasteiger partial charge in [-0.2, -0.15) is 0 Å². The average molecular weight is 360 g/mol. The molecule has 1 rings (SSSR count). The summed E-state index contributed by atoms with van der Waals surface area (Å²) in [5.74, 6) is 0.114. The van der Waals surface area contributed by atoms with Gasteiger partial charge in [0, 0.05) is 15.5 Å². The molecule has 3 N–H and O–H groups in total. The maximum absolute atomic E-state index is 12.0. The predicted octanol–water partition coefficient (Wildman–Crippen LogP) is 3.38. The molecular weight excluding hydrogens is 339 g/mol. The number of halogens is 1. The van der Waals surface area contributed by atoms with E-state index in [1.54, 1.807) is 0 Å². The maximum Gasteiger partial charge on any atom is 0.227 e. The van der Waals surface area contributed by atoms with Crippen LogP contribution in [0.2, 0.25) is 0 Å². The number of benzene rings is 1. The Bertz CT molecular complexity index is 393. The first kappa shape index (κ1) is 15.4. The summed E-state index contributed by atoms with van der Waals surface area (Å²) in [6.07, 6.45) is 2.86. The number of nitrogens with two attached hydrogens (primary N) is 1. The molecule has 0 bridgehead atoms. The fourth-order valence-electron chi connectivity index (χ4n) is 1.70. The molecule has 0 heterocycles. The third-order valence-electron chi connectivity index (χ3n) is 2.88. The van der Waals surface area contributed by atoms with Crippen LogP contribution in [0.15, 0.2) is 24.3 Å². The SMILES string of the molecule is CC(N)CCCC(C)C(=O)Nc1ccccc1I. The smallest absolute Gasteiger partial charge is 0.227 e. The summed E-state index contributed by atoms with van der Waals surface area (Å²) in [6.45, 7) is 3.96. The molecule has 1 aromatic carbocycles. The van der Waals surface area contributed by atoms with E-state index in [1.807, 2.05) is 38.1 Å². The number of anilines is 1. The van der Waals surface area contributed by atoms with Gasteiger partial charge in [0.2, 0.25) is 5.91 Å². The molecule has 0 aromatic heterocycles. The van der Waals surface area contributed by atoms with Gasteiger partial charge < -0.3 is 11.1 Å². The van der Waals surface area contributed by atoms with Gasteiger partial charge in [0.05, 0.1) is 5.69 Å². The third kappa shape index (κ3) is 5.35. The average Bonchev–Trinajstić information content (AvgIpc) is 2.31. The predicted molar refractivity (Wildman–Crippen MR) is 84.5 cm³/mol. The van der Waals surface area contributed by atoms with Crippen LogP contribution in [0.1, 0.15) is 33.1 Å². The van der Waals surface area contributed by atoms with Crippen LogP contribution in [0.4, 0.5) is 5.69 Å². The van der Waals surface area contributed by atoms with Crippen LogP contribution < -0.4 is 11.1 Å². The lowest BCUT2D eigenvalue weighted by Crippen LogP contribution is -2.22. The number of carbonyl (C=O) groups is 1. The molecule has 0 spiro atoms. The minimum Gasteiger partial charge on any atom is -0.328 e. The number of nitrogens with one attached hydrogen (secondary N) is 1.